The molecule has 4 rings (SSSR count). The summed E-state index contributed by atoms with van der Waals surface area (Å²) in [5.41, 5.74) is 3.94. The maximum Gasteiger partial charge on any atom is 0.321 e. The van der Waals surface area contributed by atoms with Crippen molar-refractivity contribution in [1.29, 1.82) is 0 Å². The van der Waals surface area contributed by atoms with E-state index in [1.165, 1.54) is 6.42 Å². The predicted molar refractivity (Wildman–Crippen MR) is 126 cm³/mol. The van der Waals surface area contributed by atoms with Crippen LogP contribution in [0.5, 0.6) is 0 Å². The zero-order chi connectivity index (χ0) is 21.8. The maximum atomic E-state index is 12.5. The Morgan fingerprint density at radius 1 is 0.968 bits per heavy atom. The number of fused-ring (bicyclic) bond motifs is 1. The number of carbonyl (C=O) groups excluding carboxylic acids is 2. The number of amides is 3. The van der Waals surface area contributed by atoms with Gasteiger partial charge in [-0.15, -0.1) is 0 Å². The summed E-state index contributed by atoms with van der Waals surface area (Å²) < 4.78 is 0. The lowest BCUT2D eigenvalue weighted by Crippen LogP contribution is -2.44. The average molecular weight is 421 g/mol. The van der Waals surface area contributed by atoms with Gasteiger partial charge in [-0.2, -0.15) is 0 Å². The van der Waals surface area contributed by atoms with Crippen LogP contribution in [0, 0.1) is 0 Å². The summed E-state index contributed by atoms with van der Waals surface area (Å²) in [5, 5.41) is 6.63. The summed E-state index contributed by atoms with van der Waals surface area (Å²) in [6, 6.07) is 16.3. The third kappa shape index (κ3) is 4.68. The summed E-state index contributed by atoms with van der Waals surface area (Å²) in [6.07, 6.45) is 4.71. The van der Waals surface area contributed by atoms with E-state index in [4.69, 9.17) is 0 Å². The molecule has 2 aromatic carbocycles. The van der Waals surface area contributed by atoms with Crippen molar-refractivity contribution in [3.8, 4) is 0 Å². The number of piperidine rings is 1. The Morgan fingerprint density at radius 2 is 1.65 bits per heavy atom. The quantitative estimate of drug-likeness (QED) is 0.697. The first-order valence-corrected chi connectivity index (χ1v) is 11.4. The summed E-state index contributed by atoms with van der Waals surface area (Å²) in [7, 11) is 0. The van der Waals surface area contributed by atoms with E-state index in [1.807, 2.05) is 59.2 Å². The van der Waals surface area contributed by atoms with Crippen LogP contribution in [-0.4, -0.2) is 36.0 Å². The van der Waals surface area contributed by atoms with Gasteiger partial charge in [-0.25, -0.2) is 4.79 Å². The molecule has 0 saturated carbocycles. The van der Waals surface area contributed by atoms with Crippen LogP contribution in [0.1, 0.15) is 57.6 Å². The van der Waals surface area contributed by atoms with Crippen molar-refractivity contribution in [2.45, 2.75) is 58.0 Å². The number of benzene rings is 2. The molecular formula is C25H32N4O2. The first-order chi connectivity index (χ1) is 15.1. The molecule has 0 aliphatic carbocycles. The zero-order valence-electron chi connectivity index (χ0n) is 18.4. The molecular weight excluding hydrogens is 388 g/mol. The molecule has 2 N–H and O–H groups in total. The molecule has 6 heteroatoms. The fourth-order valence-electron chi connectivity index (χ4n) is 4.65. The molecule has 0 aromatic heterocycles. The fourth-order valence-corrected chi connectivity index (χ4v) is 4.65. The second-order valence-electron chi connectivity index (χ2n) is 8.51. The maximum absolute atomic E-state index is 12.5. The van der Waals surface area contributed by atoms with Gasteiger partial charge in [0.05, 0.1) is 6.04 Å². The van der Waals surface area contributed by atoms with Crippen LogP contribution in [0.4, 0.5) is 21.9 Å². The molecule has 2 aliphatic heterocycles. The van der Waals surface area contributed by atoms with E-state index >= 15 is 0 Å². The van der Waals surface area contributed by atoms with Crippen LogP contribution >= 0.6 is 0 Å². The molecule has 1 fully saturated rings. The Morgan fingerprint density at radius 3 is 2.35 bits per heavy atom. The van der Waals surface area contributed by atoms with E-state index in [0.717, 1.165) is 55.0 Å². The first-order valence-electron chi connectivity index (χ1n) is 11.4. The molecule has 3 amide bonds. The van der Waals surface area contributed by atoms with Crippen molar-refractivity contribution >= 4 is 29.0 Å². The second kappa shape index (κ2) is 9.41. The number of carbonyl (C=O) groups is 2. The van der Waals surface area contributed by atoms with Crippen LogP contribution in [0.25, 0.3) is 0 Å². The molecule has 0 unspecified atom stereocenters. The van der Waals surface area contributed by atoms with E-state index in [-0.39, 0.29) is 24.0 Å². The number of hydrogen-bond donors (Lipinski definition) is 2. The van der Waals surface area contributed by atoms with Gasteiger partial charge in [0, 0.05) is 42.6 Å². The van der Waals surface area contributed by atoms with Gasteiger partial charge >= 0.3 is 6.03 Å². The van der Waals surface area contributed by atoms with Gasteiger partial charge in [-0.3, -0.25) is 4.79 Å². The van der Waals surface area contributed by atoms with Crippen molar-refractivity contribution in [2.75, 3.05) is 28.6 Å². The van der Waals surface area contributed by atoms with Crippen LogP contribution in [-0.2, 0) is 4.79 Å². The smallest absolute Gasteiger partial charge is 0.321 e. The van der Waals surface area contributed by atoms with Crippen molar-refractivity contribution < 1.29 is 9.59 Å². The van der Waals surface area contributed by atoms with Crippen molar-refractivity contribution in [3.05, 3.63) is 54.1 Å². The standard InChI is InChI=1S/C25H32N4O2/c1-3-24(30)29-18(2)17-22(21-9-5-6-10-23(21)29)26-19-11-13-20(14-12-19)27-25(31)28-15-7-4-8-16-28/h5-6,9-14,18,22,26H,3-4,7-8,15-17H2,1-2H3,(H,27,31)/t18-,22+/m0/s1. The highest BCUT2D eigenvalue weighted by Gasteiger charge is 2.32. The zero-order valence-corrected chi connectivity index (χ0v) is 18.4. The van der Waals surface area contributed by atoms with Crippen molar-refractivity contribution in [3.63, 3.8) is 0 Å². The number of hydrogen-bond acceptors (Lipinski definition) is 3. The molecule has 164 valence electrons. The Bertz CT molecular complexity index is 921. The average Bonchev–Trinajstić information content (AvgIpc) is 2.80. The highest BCUT2D eigenvalue weighted by Crippen LogP contribution is 2.39. The van der Waals surface area contributed by atoms with Crippen LogP contribution in [0.15, 0.2) is 48.5 Å². The minimum absolute atomic E-state index is 0.0175. The number of para-hydroxylation sites is 1. The molecule has 1 saturated heterocycles. The fraction of sp³-hybridized carbons (Fsp3) is 0.440. The van der Waals surface area contributed by atoms with E-state index < -0.39 is 0 Å². The minimum Gasteiger partial charge on any atom is -0.378 e. The third-order valence-corrected chi connectivity index (χ3v) is 6.28. The Labute approximate surface area is 184 Å². The summed E-state index contributed by atoms with van der Waals surface area (Å²) in [6.45, 7) is 5.69. The lowest BCUT2D eigenvalue weighted by molar-refractivity contribution is -0.118. The van der Waals surface area contributed by atoms with Gasteiger partial charge in [-0.05, 0) is 68.5 Å². The Hall–Kier alpha value is -3.02. The van der Waals surface area contributed by atoms with E-state index in [2.05, 4.69) is 23.6 Å². The van der Waals surface area contributed by atoms with E-state index in [9.17, 15) is 9.59 Å². The molecule has 2 aliphatic rings. The van der Waals surface area contributed by atoms with Crippen LogP contribution < -0.4 is 15.5 Å². The molecule has 6 nitrogen and oxygen atoms in total. The van der Waals surface area contributed by atoms with Crippen molar-refractivity contribution in [1.82, 2.24) is 4.90 Å². The van der Waals surface area contributed by atoms with E-state index in [0.29, 0.717) is 6.42 Å². The third-order valence-electron chi connectivity index (χ3n) is 6.28. The van der Waals surface area contributed by atoms with Gasteiger partial charge in [0.1, 0.15) is 0 Å². The van der Waals surface area contributed by atoms with E-state index in [1.54, 1.807) is 0 Å². The molecule has 2 aromatic rings. The van der Waals surface area contributed by atoms with Gasteiger partial charge in [0.2, 0.25) is 5.91 Å². The van der Waals surface area contributed by atoms with Gasteiger partial charge in [0.15, 0.2) is 0 Å². The first kappa shape index (κ1) is 21.2. The van der Waals surface area contributed by atoms with Gasteiger partial charge in [-0.1, -0.05) is 25.1 Å². The number of nitrogens with one attached hydrogen (secondary N) is 2. The van der Waals surface area contributed by atoms with Crippen molar-refractivity contribution in [2.24, 2.45) is 0 Å². The summed E-state index contributed by atoms with van der Waals surface area (Å²) in [4.78, 5) is 28.8. The largest absolute Gasteiger partial charge is 0.378 e. The van der Waals surface area contributed by atoms with Crippen LogP contribution in [0.3, 0.4) is 0 Å². The lowest BCUT2D eigenvalue weighted by atomic mass is 9.91. The Balaban J connectivity index is 1.45. The molecule has 31 heavy (non-hydrogen) atoms. The number of nitrogens with zero attached hydrogens (tertiary/aromatic N) is 2. The minimum atomic E-state index is -0.0175. The lowest BCUT2D eigenvalue weighted by Gasteiger charge is -2.40. The van der Waals surface area contributed by atoms with Crippen LogP contribution in [0.2, 0.25) is 0 Å². The summed E-state index contributed by atoms with van der Waals surface area (Å²) >= 11 is 0. The number of urea groups is 1. The Kier molecular flexibility index (Phi) is 6.44. The predicted octanol–water partition coefficient (Wildman–Crippen LogP) is 5.39. The van der Waals surface area contributed by atoms with Gasteiger partial charge in [0.25, 0.3) is 0 Å². The highest BCUT2D eigenvalue weighted by atomic mass is 16.2. The second-order valence-corrected chi connectivity index (χ2v) is 8.51. The molecule has 2 atom stereocenters. The molecule has 2 heterocycles. The normalized spacial score (nSPS) is 20.7. The monoisotopic (exact) mass is 420 g/mol. The van der Waals surface area contributed by atoms with Gasteiger partial charge < -0.3 is 20.4 Å². The SMILES string of the molecule is CCC(=O)N1c2ccccc2[C@H](Nc2ccc(NC(=O)N3CCCCC3)cc2)C[C@@H]1C. The number of likely N-dealkylation sites (tertiary alicyclic amines) is 1. The highest BCUT2D eigenvalue weighted by molar-refractivity contribution is 5.95. The number of rotatable bonds is 4. The number of anilines is 3. The topological polar surface area (TPSA) is 64.7 Å². The molecule has 0 radical (unpaired) electrons. The molecule has 0 spiro atoms. The summed E-state index contributed by atoms with van der Waals surface area (Å²) in [5.74, 6) is 0.159. The molecule has 0 bridgehead atoms.